The first-order chi connectivity index (χ1) is 8.69. The van der Waals surface area contributed by atoms with E-state index in [1.807, 2.05) is 0 Å². The van der Waals surface area contributed by atoms with Crippen LogP contribution in [0.5, 0.6) is 0 Å². The van der Waals surface area contributed by atoms with Crippen molar-refractivity contribution in [1.29, 1.82) is 0 Å². The van der Waals surface area contributed by atoms with Crippen molar-refractivity contribution < 1.29 is 4.74 Å². The minimum absolute atomic E-state index is 0.379. The standard InChI is InChI=1S/C15H32N2O/c1-5-13(4)10-14(6-2)16-11-15-12-17(7-3)8-9-18-15/h13-16H,5-12H2,1-4H3. The maximum absolute atomic E-state index is 5.83. The minimum Gasteiger partial charge on any atom is -0.374 e. The van der Waals surface area contributed by atoms with Crippen molar-refractivity contribution in [3.05, 3.63) is 0 Å². The molecule has 18 heavy (non-hydrogen) atoms. The molecule has 3 atom stereocenters. The molecule has 1 aliphatic heterocycles. The van der Waals surface area contributed by atoms with Crippen LogP contribution >= 0.6 is 0 Å². The van der Waals surface area contributed by atoms with E-state index in [1.54, 1.807) is 0 Å². The van der Waals surface area contributed by atoms with Gasteiger partial charge in [-0.25, -0.2) is 0 Å². The molecule has 3 heteroatoms. The van der Waals surface area contributed by atoms with Crippen molar-refractivity contribution >= 4 is 0 Å². The van der Waals surface area contributed by atoms with Crippen LogP contribution in [-0.2, 0) is 4.74 Å². The maximum Gasteiger partial charge on any atom is 0.0826 e. The Kier molecular flexibility index (Phi) is 7.87. The average molecular weight is 256 g/mol. The lowest BCUT2D eigenvalue weighted by atomic mass is 9.97. The van der Waals surface area contributed by atoms with Crippen molar-refractivity contribution in [3.8, 4) is 0 Å². The molecular formula is C15H32N2O. The van der Waals surface area contributed by atoms with Gasteiger partial charge in [0.2, 0.25) is 0 Å². The molecule has 3 nitrogen and oxygen atoms in total. The van der Waals surface area contributed by atoms with Gasteiger partial charge in [0.25, 0.3) is 0 Å². The third-order valence-corrected chi connectivity index (χ3v) is 4.18. The van der Waals surface area contributed by atoms with Crippen molar-refractivity contribution in [2.24, 2.45) is 5.92 Å². The lowest BCUT2D eigenvalue weighted by Gasteiger charge is -2.33. The summed E-state index contributed by atoms with van der Waals surface area (Å²) in [6.45, 7) is 14.4. The maximum atomic E-state index is 5.83. The van der Waals surface area contributed by atoms with E-state index in [0.29, 0.717) is 12.1 Å². The molecule has 0 aromatic rings. The summed E-state index contributed by atoms with van der Waals surface area (Å²) in [7, 11) is 0. The van der Waals surface area contributed by atoms with Gasteiger partial charge in [0, 0.05) is 25.7 Å². The Morgan fingerprint density at radius 1 is 1.28 bits per heavy atom. The van der Waals surface area contributed by atoms with Gasteiger partial charge in [0.1, 0.15) is 0 Å². The highest BCUT2D eigenvalue weighted by molar-refractivity contribution is 4.76. The van der Waals surface area contributed by atoms with Crippen molar-refractivity contribution in [2.45, 2.75) is 59.1 Å². The molecule has 1 fully saturated rings. The van der Waals surface area contributed by atoms with Crippen molar-refractivity contribution in [2.75, 3.05) is 32.8 Å². The Labute approximate surface area is 113 Å². The number of nitrogens with one attached hydrogen (secondary N) is 1. The lowest BCUT2D eigenvalue weighted by molar-refractivity contribution is -0.0266. The molecule has 1 aliphatic rings. The molecule has 1 saturated heterocycles. The van der Waals surface area contributed by atoms with E-state index in [-0.39, 0.29) is 0 Å². The fourth-order valence-corrected chi connectivity index (χ4v) is 2.54. The molecular weight excluding hydrogens is 224 g/mol. The highest BCUT2D eigenvalue weighted by atomic mass is 16.5. The first kappa shape index (κ1) is 15.9. The van der Waals surface area contributed by atoms with Crippen LogP contribution in [0, 0.1) is 5.92 Å². The van der Waals surface area contributed by atoms with Gasteiger partial charge >= 0.3 is 0 Å². The molecule has 0 radical (unpaired) electrons. The summed E-state index contributed by atoms with van der Waals surface area (Å²) in [5.41, 5.74) is 0. The summed E-state index contributed by atoms with van der Waals surface area (Å²) in [5.74, 6) is 0.821. The molecule has 0 spiro atoms. The fraction of sp³-hybridized carbons (Fsp3) is 1.00. The Bertz CT molecular complexity index is 207. The van der Waals surface area contributed by atoms with Crippen LogP contribution in [0.4, 0.5) is 0 Å². The Hall–Kier alpha value is -0.120. The zero-order chi connectivity index (χ0) is 13.4. The first-order valence-electron chi connectivity index (χ1n) is 7.76. The average Bonchev–Trinajstić information content (AvgIpc) is 2.43. The number of likely N-dealkylation sites (N-methyl/N-ethyl adjacent to an activating group) is 1. The molecule has 1 heterocycles. The normalized spacial score (nSPS) is 25.0. The lowest BCUT2D eigenvalue weighted by Crippen LogP contribution is -2.48. The second-order valence-corrected chi connectivity index (χ2v) is 5.65. The smallest absolute Gasteiger partial charge is 0.0826 e. The summed E-state index contributed by atoms with van der Waals surface area (Å²) in [5, 5.41) is 3.70. The van der Waals surface area contributed by atoms with E-state index in [0.717, 1.165) is 38.7 Å². The van der Waals surface area contributed by atoms with E-state index in [1.165, 1.54) is 19.3 Å². The SMILES string of the molecule is CCC(C)CC(CC)NCC1CN(CC)CCO1. The molecule has 0 aromatic carbocycles. The third kappa shape index (κ3) is 5.68. The predicted octanol–water partition coefficient (Wildman–Crippen LogP) is 2.51. The molecule has 108 valence electrons. The molecule has 0 aliphatic carbocycles. The largest absolute Gasteiger partial charge is 0.374 e. The molecule has 1 rings (SSSR count). The summed E-state index contributed by atoms with van der Waals surface area (Å²) in [4.78, 5) is 2.48. The number of hydrogen-bond acceptors (Lipinski definition) is 3. The van der Waals surface area contributed by atoms with Crippen molar-refractivity contribution in [3.63, 3.8) is 0 Å². The van der Waals surface area contributed by atoms with Gasteiger partial charge in [-0.05, 0) is 25.3 Å². The van der Waals surface area contributed by atoms with Crippen LogP contribution in [0.25, 0.3) is 0 Å². The zero-order valence-corrected chi connectivity index (χ0v) is 12.7. The molecule has 3 unspecified atom stereocenters. The number of morpholine rings is 1. The number of hydrogen-bond donors (Lipinski definition) is 1. The molecule has 1 N–H and O–H groups in total. The van der Waals surface area contributed by atoms with E-state index in [4.69, 9.17) is 4.74 Å². The van der Waals surface area contributed by atoms with E-state index in [2.05, 4.69) is 37.9 Å². The first-order valence-corrected chi connectivity index (χ1v) is 7.76. The quantitative estimate of drug-likeness (QED) is 0.722. The number of ether oxygens (including phenoxy) is 1. The predicted molar refractivity (Wildman–Crippen MR) is 78.0 cm³/mol. The van der Waals surface area contributed by atoms with Gasteiger partial charge in [-0.1, -0.05) is 34.1 Å². The van der Waals surface area contributed by atoms with Crippen LogP contribution < -0.4 is 5.32 Å². The minimum atomic E-state index is 0.379. The monoisotopic (exact) mass is 256 g/mol. The Morgan fingerprint density at radius 2 is 2.06 bits per heavy atom. The van der Waals surface area contributed by atoms with Gasteiger partial charge in [-0.2, -0.15) is 0 Å². The van der Waals surface area contributed by atoms with Gasteiger partial charge in [0.05, 0.1) is 12.7 Å². The second-order valence-electron chi connectivity index (χ2n) is 5.65. The summed E-state index contributed by atoms with van der Waals surface area (Å²) in [6, 6.07) is 0.653. The van der Waals surface area contributed by atoms with Crippen LogP contribution in [0.1, 0.15) is 47.0 Å². The Morgan fingerprint density at radius 3 is 2.67 bits per heavy atom. The topological polar surface area (TPSA) is 24.5 Å². The van der Waals surface area contributed by atoms with E-state index in [9.17, 15) is 0 Å². The Balaban J connectivity index is 2.24. The molecule has 0 amide bonds. The molecule has 0 saturated carbocycles. The molecule has 0 bridgehead atoms. The van der Waals surface area contributed by atoms with Crippen LogP contribution in [0.3, 0.4) is 0 Å². The fourth-order valence-electron chi connectivity index (χ4n) is 2.54. The summed E-state index contributed by atoms with van der Waals surface area (Å²) in [6.07, 6.45) is 4.16. The van der Waals surface area contributed by atoms with Gasteiger partial charge < -0.3 is 10.1 Å². The van der Waals surface area contributed by atoms with Crippen LogP contribution in [0.15, 0.2) is 0 Å². The van der Waals surface area contributed by atoms with E-state index >= 15 is 0 Å². The van der Waals surface area contributed by atoms with Gasteiger partial charge in [0.15, 0.2) is 0 Å². The van der Waals surface area contributed by atoms with Crippen LogP contribution in [0.2, 0.25) is 0 Å². The van der Waals surface area contributed by atoms with Crippen LogP contribution in [-0.4, -0.2) is 49.8 Å². The third-order valence-electron chi connectivity index (χ3n) is 4.18. The van der Waals surface area contributed by atoms with Gasteiger partial charge in [-0.15, -0.1) is 0 Å². The summed E-state index contributed by atoms with van der Waals surface area (Å²) < 4.78 is 5.83. The second kappa shape index (κ2) is 8.89. The number of nitrogens with zero attached hydrogens (tertiary/aromatic N) is 1. The molecule has 0 aromatic heterocycles. The van der Waals surface area contributed by atoms with E-state index < -0.39 is 0 Å². The summed E-state index contributed by atoms with van der Waals surface area (Å²) >= 11 is 0. The van der Waals surface area contributed by atoms with Crippen molar-refractivity contribution in [1.82, 2.24) is 10.2 Å². The highest BCUT2D eigenvalue weighted by Crippen LogP contribution is 2.12. The zero-order valence-electron chi connectivity index (χ0n) is 12.7. The van der Waals surface area contributed by atoms with Gasteiger partial charge in [-0.3, -0.25) is 4.90 Å². The highest BCUT2D eigenvalue weighted by Gasteiger charge is 2.20. The number of rotatable bonds is 8.